The molecule has 0 spiro atoms. The second kappa shape index (κ2) is 24.0. The molecule has 3 saturated heterocycles. The van der Waals surface area contributed by atoms with Gasteiger partial charge < -0.3 is 39.4 Å². The molecule has 4 amide bonds. The minimum absolute atomic E-state index is 0. The average molecular weight is 1160 g/mol. The first-order chi connectivity index (χ1) is 36.5. The average Bonchev–Trinajstić information content (AvgIpc) is 4.32. The van der Waals surface area contributed by atoms with Gasteiger partial charge in [0.1, 0.15) is 23.7 Å². The van der Waals surface area contributed by atoms with Crippen molar-refractivity contribution in [2.75, 3.05) is 33.9 Å². The molecule has 11 rings (SSSR count). The number of halogens is 1. The van der Waals surface area contributed by atoms with Gasteiger partial charge in [-0.3, -0.25) is 24.1 Å². The van der Waals surface area contributed by atoms with Gasteiger partial charge in [-0.2, -0.15) is 40.5 Å². The molecule has 6 aliphatic heterocycles. The number of methoxy groups -OCH3 is 2. The summed E-state index contributed by atoms with van der Waals surface area (Å²) >= 11 is 1.67. The van der Waals surface area contributed by atoms with Gasteiger partial charge in [-0.15, -0.1) is 11.3 Å². The topological polar surface area (TPSA) is 178 Å². The van der Waals surface area contributed by atoms with E-state index < -0.39 is 41.9 Å². The Balaban J connectivity index is 0.00000274. The summed E-state index contributed by atoms with van der Waals surface area (Å²) in [4.78, 5) is 72.8. The number of alkyl carbamates (subject to hydrolysis) is 2. The Morgan fingerprint density at radius 1 is 0.797 bits per heavy atom. The Hall–Kier alpha value is -5.35. The number of rotatable bonds is 12. The molecule has 7 aliphatic rings. The zero-order valence-electron chi connectivity index (χ0n) is 46.1. The molecule has 79 heavy (non-hydrogen) atoms. The van der Waals surface area contributed by atoms with Crippen LogP contribution in [-0.2, 0) is 29.2 Å². The highest BCUT2D eigenvalue weighted by Gasteiger charge is 2.45. The molecule has 2 N–H and O–H groups in total. The molecule has 2 aromatic heterocycles. The van der Waals surface area contributed by atoms with E-state index in [4.69, 9.17) is 33.9 Å². The molecule has 8 heterocycles. The molecule has 21 heteroatoms. The van der Waals surface area contributed by atoms with Gasteiger partial charge in [-0.25, -0.2) is 19.0 Å². The number of aliphatic imine (C=N–C) groups is 2. The van der Waals surface area contributed by atoms with Crippen molar-refractivity contribution < 1.29 is 42.5 Å². The van der Waals surface area contributed by atoms with Crippen LogP contribution in [0.2, 0.25) is 0 Å². The third kappa shape index (κ3) is 11.5. The fourth-order valence-electron chi connectivity index (χ4n) is 13.0. The van der Waals surface area contributed by atoms with E-state index in [0.717, 1.165) is 87.4 Å². The molecule has 4 aromatic rings. The van der Waals surface area contributed by atoms with E-state index in [1.165, 1.54) is 27.1 Å². The number of aromatic nitrogens is 2. The zero-order valence-corrected chi connectivity index (χ0v) is 49.9. The van der Waals surface area contributed by atoms with Crippen LogP contribution in [0.3, 0.4) is 0 Å². The number of likely N-dealkylation sites (tertiary alicyclic amines) is 2. The molecule has 0 radical (unpaired) electrons. The van der Waals surface area contributed by atoms with Gasteiger partial charge in [0.25, 0.3) is 0 Å². The van der Waals surface area contributed by atoms with Crippen LogP contribution in [-0.4, -0.2) is 118 Å². The first-order valence-corrected chi connectivity index (χ1v) is 27.9. The van der Waals surface area contributed by atoms with Gasteiger partial charge in [-0.05, 0) is 130 Å². The smallest absolute Gasteiger partial charge is 0.407 e. The predicted molar refractivity (Wildman–Crippen MR) is 321 cm³/mol. The van der Waals surface area contributed by atoms with Crippen molar-refractivity contribution in [3.05, 3.63) is 81.8 Å². The minimum atomic E-state index is -0.748. The minimum Gasteiger partial charge on any atom is -0.464 e. The molecular weight excluding hydrogens is 1080 g/mol. The van der Waals surface area contributed by atoms with Crippen molar-refractivity contribution in [3.63, 3.8) is 0 Å². The number of fused-ring (bicyclic) bond motifs is 5. The van der Waals surface area contributed by atoms with Crippen LogP contribution in [0.1, 0.15) is 139 Å². The predicted octanol–water partition coefficient (Wildman–Crippen LogP) is 10.7. The largest absolute Gasteiger partial charge is 0.464 e. The van der Waals surface area contributed by atoms with E-state index in [1.54, 1.807) is 23.6 Å². The van der Waals surface area contributed by atoms with E-state index in [1.807, 2.05) is 56.0 Å². The highest BCUT2D eigenvalue weighted by molar-refractivity contribution is 7.59. The van der Waals surface area contributed by atoms with Crippen molar-refractivity contribution in [1.82, 2.24) is 30.0 Å². The van der Waals surface area contributed by atoms with Gasteiger partial charge in [-0.1, -0.05) is 39.7 Å². The number of ether oxygens (including phenoxy) is 4. The molecule has 4 fully saturated rings. The second-order valence-corrected chi connectivity index (χ2v) is 24.0. The molecule has 6 atom stereocenters. The summed E-state index contributed by atoms with van der Waals surface area (Å²) in [6.45, 7) is 11.7. The standard InChI is InChI=1S/C58H69FN8O8S.3H2S/c1-32(2)49(63-55(70)72-6)51(68)65-19-10-12-43(65)41-25-38(30-61-41)35-23-39(59)48-45-26-36-22-33(14-15-42(36)67(45)53(75-46(48)27-35)47-31-62-54(76-47)58(5)17-8-9-18-58)37-24-40(60-29-37)44-13-11-20-66(44)52(69)50(64-56(71)73-7)34-16-21-74-57(3,4)28-34;;;/h14-15,22-23,26-27,29-32,34,43-44,49-50,53H,8-13,16-21,24-25,28H2,1-7H3,(H,63,70)(H,64,71);3*1H2/t34?,43-,44-,49-,50?,53?;;;/m0.../s1. The maximum atomic E-state index is 17.2. The molecule has 0 bridgehead atoms. The molecule has 1 aliphatic carbocycles. The van der Waals surface area contributed by atoms with Crippen LogP contribution in [0, 0.1) is 17.7 Å². The molecular formula is C58H75FN8O8S4. The second-order valence-electron chi connectivity index (χ2n) is 22.9. The van der Waals surface area contributed by atoms with Crippen molar-refractivity contribution in [3.8, 4) is 17.0 Å². The third-order valence-electron chi connectivity index (χ3n) is 17.0. The van der Waals surface area contributed by atoms with E-state index in [-0.39, 0.29) is 81.6 Å². The van der Waals surface area contributed by atoms with Crippen molar-refractivity contribution in [1.29, 1.82) is 0 Å². The monoisotopic (exact) mass is 1160 g/mol. The van der Waals surface area contributed by atoms with E-state index in [9.17, 15) is 19.2 Å². The Morgan fingerprint density at radius 3 is 2.06 bits per heavy atom. The first kappa shape index (κ1) is 59.8. The van der Waals surface area contributed by atoms with E-state index >= 15 is 4.39 Å². The lowest BCUT2D eigenvalue weighted by atomic mass is 9.82. The van der Waals surface area contributed by atoms with Gasteiger partial charge in [0.15, 0.2) is 0 Å². The zero-order chi connectivity index (χ0) is 53.2. The van der Waals surface area contributed by atoms with Crippen molar-refractivity contribution >= 4 is 109 Å². The normalized spacial score (nSPS) is 23.4. The van der Waals surface area contributed by atoms with Gasteiger partial charge in [0.05, 0.1) is 58.6 Å². The van der Waals surface area contributed by atoms with Crippen LogP contribution in [0.4, 0.5) is 14.0 Å². The van der Waals surface area contributed by atoms with Crippen molar-refractivity contribution in [2.45, 2.75) is 153 Å². The summed E-state index contributed by atoms with van der Waals surface area (Å²) in [6, 6.07) is 9.90. The molecule has 2 aromatic carbocycles. The maximum Gasteiger partial charge on any atom is 0.407 e. The number of hydrogen-bond acceptors (Lipinski definition) is 12. The lowest BCUT2D eigenvalue weighted by Gasteiger charge is -2.40. The van der Waals surface area contributed by atoms with Crippen LogP contribution in [0.15, 0.2) is 65.0 Å². The number of benzene rings is 2. The van der Waals surface area contributed by atoms with Crippen LogP contribution >= 0.6 is 51.8 Å². The Morgan fingerprint density at radius 2 is 1.43 bits per heavy atom. The SMILES string of the molecule is COC(=O)NC(C(=O)N1CCC[C@H]1C1=NC=C(c2ccc3c(c2)cc2n3C(c3cnc(C4(C)CCCC4)s3)Oc3cc(C4=CN=C([C@@H]5CCCN5C(=O)[C@@H](NC(=O)OC)C(C)C)C4)cc(F)c3-2)C1)C1CCOC(C)(C)C1.S.S.S. The highest BCUT2D eigenvalue weighted by Crippen LogP contribution is 2.50. The number of hydrogen-bond donors (Lipinski definition) is 2. The summed E-state index contributed by atoms with van der Waals surface area (Å²) in [7, 11) is 2.60. The van der Waals surface area contributed by atoms with Gasteiger partial charge >= 0.3 is 12.2 Å². The Labute approximate surface area is 486 Å². The first-order valence-electron chi connectivity index (χ1n) is 27.1. The van der Waals surface area contributed by atoms with E-state index in [2.05, 4.69) is 46.4 Å². The van der Waals surface area contributed by atoms with Crippen LogP contribution < -0.4 is 15.4 Å². The third-order valence-corrected chi connectivity index (χ3v) is 18.4. The molecule has 3 unspecified atom stereocenters. The molecule has 426 valence electrons. The Bertz CT molecular complexity index is 3130. The number of carbonyl (C=O) groups is 4. The van der Waals surface area contributed by atoms with Crippen LogP contribution in [0.5, 0.6) is 5.75 Å². The Kier molecular flexibility index (Phi) is 18.2. The lowest BCUT2D eigenvalue weighted by Crippen LogP contribution is -2.56. The van der Waals surface area contributed by atoms with E-state index in [0.29, 0.717) is 68.0 Å². The number of amides is 4. The van der Waals surface area contributed by atoms with Crippen LogP contribution in [0.25, 0.3) is 33.3 Å². The fraction of sp³-hybridized carbons (Fsp3) is 0.534. The number of nitrogens with zero attached hydrogens (tertiary/aromatic N) is 6. The molecule has 16 nitrogen and oxygen atoms in total. The summed E-state index contributed by atoms with van der Waals surface area (Å²) in [5, 5.41) is 7.61. The summed E-state index contributed by atoms with van der Waals surface area (Å²) in [5.74, 6) is -0.559. The quantitative estimate of drug-likeness (QED) is 0.140. The lowest BCUT2D eigenvalue weighted by molar-refractivity contribution is -0.138. The maximum absolute atomic E-state index is 17.2. The number of carbonyl (C=O) groups excluding carboxylic acids is 4. The van der Waals surface area contributed by atoms with Gasteiger partial charge in [0.2, 0.25) is 18.0 Å². The number of thiazole rings is 1. The summed E-state index contributed by atoms with van der Waals surface area (Å²) < 4.78 is 42.1. The molecule has 1 saturated carbocycles. The number of nitrogens with one attached hydrogen (secondary N) is 2. The highest BCUT2D eigenvalue weighted by atomic mass is 32.1. The number of allylic oxidation sites excluding steroid dienone is 2. The summed E-state index contributed by atoms with van der Waals surface area (Å²) in [5.41, 5.74) is 6.75. The van der Waals surface area contributed by atoms with Gasteiger partial charge in [0, 0.05) is 73.4 Å². The van der Waals surface area contributed by atoms with Crippen molar-refractivity contribution in [2.24, 2.45) is 21.8 Å². The summed E-state index contributed by atoms with van der Waals surface area (Å²) in [6.07, 6.45) is 13.6. The fourth-order valence-corrected chi connectivity index (χ4v) is 14.1.